The van der Waals surface area contributed by atoms with E-state index in [9.17, 15) is 14.4 Å². The molecule has 0 atom stereocenters. The first-order valence-electron chi connectivity index (χ1n) is 3.46. The van der Waals surface area contributed by atoms with E-state index < -0.39 is 16.9 Å². The van der Waals surface area contributed by atoms with Crippen molar-refractivity contribution >= 4 is 46.5 Å². The lowest BCUT2D eigenvalue weighted by Crippen LogP contribution is -2.33. The number of fused-ring (bicyclic) bond motifs is 1. The van der Waals surface area contributed by atoms with Gasteiger partial charge in [0.15, 0.2) is 11.2 Å². The summed E-state index contributed by atoms with van der Waals surface area (Å²) in [5, 5.41) is 0. The zero-order chi connectivity index (χ0) is 11.3. The Morgan fingerprint density at radius 3 is 2.13 bits per heavy atom. The molecule has 0 fully saturated rings. The van der Waals surface area contributed by atoms with E-state index in [0.717, 1.165) is 0 Å². The number of hydrogen-bond donors (Lipinski definition) is 1. The third-order valence-electron chi connectivity index (χ3n) is 1.74. The van der Waals surface area contributed by atoms with Crippen molar-refractivity contribution in [3.8, 4) is 0 Å². The van der Waals surface area contributed by atoms with Gasteiger partial charge in [0.1, 0.15) is 0 Å². The van der Waals surface area contributed by atoms with Crippen LogP contribution in [-0.4, -0.2) is 17.2 Å². The molecule has 2 heterocycles. The first-order chi connectivity index (χ1) is 6.95. The lowest BCUT2D eigenvalue weighted by Gasteiger charge is -1.97. The van der Waals surface area contributed by atoms with Crippen LogP contribution >= 0.6 is 35.3 Å². The molecule has 0 saturated heterocycles. The Kier molecular flexibility index (Phi) is 2.18. The number of aromatic nitrogens is 4. The van der Waals surface area contributed by atoms with E-state index in [-0.39, 0.29) is 15.3 Å². The summed E-state index contributed by atoms with van der Waals surface area (Å²) in [7, 11) is 0. The molecule has 10 heteroatoms. The second-order valence-electron chi connectivity index (χ2n) is 2.56. The minimum absolute atomic E-state index is 0.205. The smallest absolute Gasteiger partial charge is 0.289 e. The highest BCUT2D eigenvalue weighted by molar-refractivity contribution is 6.22. The summed E-state index contributed by atoms with van der Waals surface area (Å²) in [6, 6.07) is 0. The van der Waals surface area contributed by atoms with Gasteiger partial charge in [0.05, 0.1) is 0 Å². The molecule has 2 aromatic heterocycles. The van der Waals surface area contributed by atoms with Gasteiger partial charge >= 0.3 is 11.4 Å². The average Bonchev–Trinajstić information content (AvgIpc) is 2.50. The van der Waals surface area contributed by atoms with Crippen LogP contribution in [0.25, 0.3) is 11.2 Å². The van der Waals surface area contributed by atoms with Crippen LogP contribution in [0.15, 0.2) is 14.4 Å². The molecule has 0 unspecified atom stereocenters. The maximum absolute atomic E-state index is 11.4. The minimum Gasteiger partial charge on any atom is -0.289 e. The third kappa shape index (κ3) is 1.24. The lowest BCUT2D eigenvalue weighted by molar-refractivity contribution is 0.950. The normalized spacial score (nSPS) is 11.1. The molecule has 0 aromatic carbocycles. The molecule has 80 valence electrons. The molecule has 0 saturated carbocycles. The van der Waals surface area contributed by atoms with E-state index in [4.69, 9.17) is 35.3 Å². The van der Waals surface area contributed by atoms with E-state index in [2.05, 4.69) is 4.98 Å². The maximum atomic E-state index is 11.4. The van der Waals surface area contributed by atoms with Gasteiger partial charge in [0.2, 0.25) is 0 Å². The van der Waals surface area contributed by atoms with Crippen molar-refractivity contribution in [3.05, 3.63) is 31.3 Å². The molecule has 0 aliphatic heterocycles. The summed E-state index contributed by atoms with van der Waals surface area (Å²) in [5.74, 6) is 0. The van der Waals surface area contributed by atoms with Crippen molar-refractivity contribution in [2.45, 2.75) is 0 Å². The Bertz CT molecular complexity index is 720. The molecule has 7 nitrogen and oxygen atoms in total. The first-order valence-corrected chi connectivity index (χ1v) is 4.48. The summed E-state index contributed by atoms with van der Waals surface area (Å²) < 4.78 is 1.21. The van der Waals surface area contributed by atoms with Crippen LogP contribution in [0.2, 0.25) is 0 Å². The Hall–Kier alpha value is -1.18. The third-order valence-corrected chi connectivity index (χ3v) is 2.67. The average molecular weight is 271 g/mol. The number of aromatic amines is 1. The molecule has 0 radical (unpaired) electrons. The standard InChI is InChI=1S/C5HCl3N4O3/c6-10-1-2(9-4(10)14)11(7)5(15)12(8)3(1)13/h(H,9,14). The summed E-state index contributed by atoms with van der Waals surface area (Å²) >= 11 is 16.3. The number of imidazole rings is 1. The molecule has 2 rings (SSSR count). The van der Waals surface area contributed by atoms with Crippen molar-refractivity contribution in [1.82, 2.24) is 17.2 Å². The zero-order valence-electron chi connectivity index (χ0n) is 6.70. The van der Waals surface area contributed by atoms with Gasteiger partial charge in [0, 0.05) is 35.3 Å². The lowest BCUT2D eigenvalue weighted by atomic mass is 10.5. The predicted molar refractivity (Wildman–Crippen MR) is 54.8 cm³/mol. The summed E-state index contributed by atoms with van der Waals surface area (Å²) in [6.45, 7) is 0. The van der Waals surface area contributed by atoms with Crippen LogP contribution in [0.1, 0.15) is 0 Å². The van der Waals surface area contributed by atoms with Crippen LogP contribution in [-0.2, 0) is 0 Å². The fourth-order valence-electron chi connectivity index (χ4n) is 1.08. The second-order valence-corrected chi connectivity index (χ2v) is 3.57. The van der Waals surface area contributed by atoms with Crippen LogP contribution < -0.4 is 16.9 Å². The highest BCUT2D eigenvalue weighted by atomic mass is 35.5. The van der Waals surface area contributed by atoms with Gasteiger partial charge in [0.25, 0.3) is 5.56 Å². The van der Waals surface area contributed by atoms with Gasteiger partial charge in [-0.1, -0.05) is 0 Å². The molecule has 1 N–H and O–H groups in total. The van der Waals surface area contributed by atoms with Gasteiger partial charge in [-0.2, -0.15) is 12.3 Å². The van der Waals surface area contributed by atoms with Crippen molar-refractivity contribution in [1.29, 1.82) is 0 Å². The molecular weight excluding hydrogens is 270 g/mol. The van der Waals surface area contributed by atoms with E-state index in [1.54, 1.807) is 0 Å². The largest absolute Gasteiger partial charge is 0.362 e. The van der Waals surface area contributed by atoms with Gasteiger partial charge in [-0.25, -0.2) is 9.59 Å². The number of halogens is 3. The molecule has 0 aliphatic carbocycles. The second kappa shape index (κ2) is 3.16. The van der Waals surface area contributed by atoms with E-state index in [0.29, 0.717) is 8.17 Å². The monoisotopic (exact) mass is 270 g/mol. The molecule has 2 aromatic rings. The van der Waals surface area contributed by atoms with Crippen LogP contribution in [0.3, 0.4) is 0 Å². The Balaban J connectivity index is 3.30. The Labute approximate surface area is 95.3 Å². The number of rotatable bonds is 0. The molecule has 0 amide bonds. The fraction of sp³-hybridized carbons (Fsp3) is 0. The predicted octanol–water partition coefficient (Wildman–Crippen LogP) is -0.341. The molecule has 0 aliphatic rings. The van der Waals surface area contributed by atoms with E-state index >= 15 is 0 Å². The summed E-state index contributed by atoms with van der Waals surface area (Å²) in [4.78, 5) is 35.9. The van der Waals surface area contributed by atoms with Crippen LogP contribution in [0, 0.1) is 0 Å². The molecule has 0 spiro atoms. The minimum atomic E-state index is -0.991. The molecular formula is C5HCl3N4O3. The number of nitrogens with one attached hydrogen (secondary N) is 1. The van der Waals surface area contributed by atoms with Gasteiger partial charge in [-0.15, -0.1) is 0 Å². The quantitative estimate of drug-likeness (QED) is 0.711. The topological polar surface area (TPSA) is 81.8 Å². The van der Waals surface area contributed by atoms with E-state index in [1.807, 2.05) is 0 Å². The van der Waals surface area contributed by atoms with Crippen molar-refractivity contribution in [2.24, 2.45) is 0 Å². The fourth-order valence-corrected chi connectivity index (χ4v) is 1.67. The van der Waals surface area contributed by atoms with Gasteiger partial charge in [-0.3, -0.25) is 9.78 Å². The Morgan fingerprint density at radius 2 is 1.53 bits per heavy atom. The van der Waals surface area contributed by atoms with Crippen LogP contribution in [0.5, 0.6) is 0 Å². The van der Waals surface area contributed by atoms with Crippen molar-refractivity contribution in [2.75, 3.05) is 0 Å². The Morgan fingerprint density at radius 1 is 0.933 bits per heavy atom. The first kappa shape index (κ1) is 10.3. The van der Waals surface area contributed by atoms with Crippen molar-refractivity contribution < 1.29 is 0 Å². The number of H-pyrrole nitrogens is 1. The summed E-state index contributed by atoms with van der Waals surface area (Å²) in [6.07, 6.45) is 0. The highest BCUT2D eigenvalue weighted by Gasteiger charge is 2.17. The van der Waals surface area contributed by atoms with Gasteiger partial charge < -0.3 is 0 Å². The number of nitrogens with zero attached hydrogens (tertiary/aromatic N) is 3. The number of hydrogen-bond acceptors (Lipinski definition) is 3. The molecule has 0 bridgehead atoms. The summed E-state index contributed by atoms with van der Waals surface area (Å²) in [5.41, 5.74) is -3.22. The SMILES string of the molecule is O=c1c2c([nH]c(=O)n2Cl)n(Cl)c(=O)n1Cl. The van der Waals surface area contributed by atoms with Crippen molar-refractivity contribution in [3.63, 3.8) is 0 Å². The zero-order valence-corrected chi connectivity index (χ0v) is 8.97. The maximum Gasteiger partial charge on any atom is 0.362 e. The van der Waals surface area contributed by atoms with E-state index in [1.165, 1.54) is 0 Å². The highest BCUT2D eigenvalue weighted by Crippen LogP contribution is 2.05. The van der Waals surface area contributed by atoms with Crippen LogP contribution in [0.4, 0.5) is 0 Å². The molecule has 15 heavy (non-hydrogen) atoms. The van der Waals surface area contributed by atoms with Gasteiger partial charge in [-0.05, 0) is 0 Å².